The lowest BCUT2D eigenvalue weighted by Crippen LogP contribution is -2.15. The number of rotatable bonds is 6. The number of carbonyl (C=O) groups is 3. The standard InChI is InChI=1S/C13H11NO3S.C12H9NS.C4H6O3/c15-13(16)12(14-17)7-11-6-10(8-18-11)9-4-2-1-3-5-9;13-7-6-12-8-11(9-14-12)10-4-2-1-3-5-10;1-3(5)7-4(2)6/h1-6,8,17H,7H2,(H,15,16);1-5,8-9H,6H2;1-2H3/b14-12-;;. The summed E-state index contributed by atoms with van der Waals surface area (Å²) >= 11 is 3.10. The van der Waals surface area contributed by atoms with Crippen LogP contribution in [-0.2, 0) is 32.0 Å². The normalized spacial score (nSPS) is 10.1. The predicted molar refractivity (Wildman–Crippen MR) is 152 cm³/mol. The van der Waals surface area contributed by atoms with Gasteiger partial charge in [-0.1, -0.05) is 65.8 Å². The van der Waals surface area contributed by atoms with Gasteiger partial charge >= 0.3 is 17.9 Å². The Labute approximate surface area is 234 Å². The minimum atomic E-state index is -1.20. The van der Waals surface area contributed by atoms with E-state index in [1.54, 1.807) is 11.3 Å². The van der Waals surface area contributed by atoms with Gasteiger partial charge in [-0.15, -0.1) is 22.7 Å². The number of hydrogen-bond acceptors (Lipinski definition) is 9. The van der Waals surface area contributed by atoms with E-state index in [-0.39, 0.29) is 12.1 Å². The molecule has 0 unspecified atom stereocenters. The summed E-state index contributed by atoms with van der Waals surface area (Å²) in [5.74, 6) is -2.33. The second-order valence-electron chi connectivity index (χ2n) is 7.78. The van der Waals surface area contributed by atoms with Crippen LogP contribution in [0.25, 0.3) is 22.3 Å². The van der Waals surface area contributed by atoms with E-state index in [2.05, 4.69) is 39.5 Å². The van der Waals surface area contributed by atoms with Gasteiger partial charge in [0.05, 0.1) is 12.5 Å². The van der Waals surface area contributed by atoms with Crippen molar-refractivity contribution in [2.45, 2.75) is 26.7 Å². The molecule has 2 N–H and O–H groups in total. The Bertz CT molecular complexity index is 1430. The number of esters is 2. The van der Waals surface area contributed by atoms with E-state index in [1.165, 1.54) is 36.3 Å². The number of carbonyl (C=O) groups excluding carboxylic acids is 2. The molecule has 0 aliphatic rings. The topological polar surface area (TPSA) is 137 Å². The highest BCUT2D eigenvalue weighted by atomic mass is 32.1. The van der Waals surface area contributed by atoms with Crippen LogP contribution in [0.5, 0.6) is 0 Å². The van der Waals surface area contributed by atoms with Crippen molar-refractivity contribution in [1.29, 1.82) is 5.26 Å². The van der Waals surface area contributed by atoms with Gasteiger partial charge in [-0.25, -0.2) is 4.79 Å². The van der Waals surface area contributed by atoms with Crippen molar-refractivity contribution < 1.29 is 29.4 Å². The van der Waals surface area contributed by atoms with Crippen LogP contribution in [0.15, 0.2) is 88.7 Å². The molecule has 200 valence electrons. The Kier molecular flexibility index (Phi) is 12.8. The van der Waals surface area contributed by atoms with Crippen molar-refractivity contribution in [3.8, 4) is 28.3 Å². The Morgan fingerprint density at radius 2 is 1.28 bits per heavy atom. The van der Waals surface area contributed by atoms with E-state index < -0.39 is 17.9 Å². The Balaban J connectivity index is 0.000000226. The van der Waals surface area contributed by atoms with Crippen molar-refractivity contribution >= 4 is 46.3 Å². The largest absolute Gasteiger partial charge is 0.477 e. The molecule has 4 rings (SSSR count). The molecule has 0 saturated heterocycles. The lowest BCUT2D eigenvalue weighted by Gasteiger charge is -1.96. The fourth-order valence-corrected chi connectivity index (χ4v) is 4.83. The van der Waals surface area contributed by atoms with Crippen LogP contribution in [0.1, 0.15) is 23.6 Å². The number of thiophene rings is 2. The second-order valence-corrected chi connectivity index (χ2v) is 9.78. The summed E-state index contributed by atoms with van der Waals surface area (Å²) in [6.07, 6.45) is 0.640. The zero-order valence-electron chi connectivity index (χ0n) is 21.2. The number of benzene rings is 2. The summed E-state index contributed by atoms with van der Waals surface area (Å²) in [5, 5.41) is 32.8. The van der Waals surface area contributed by atoms with Crippen molar-refractivity contribution in [1.82, 2.24) is 0 Å². The van der Waals surface area contributed by atoms with E-state index in [0.717, 1.165) is 20.9 Å². The summed E-state index contributed by atoms with van der Waals surface area (Å²) < 4.78 is 3.97. The van der Waals surface area contributed by atoms with Crippen LogP contribution in [0, 0.1) is 11.3 Å². The van der Waals surface area contributed by atoms with Crippen LogP contribution in [0.2, 0.25) is 0 Å². The number of carboxylic acid groups (broad SMARTS) is 1. The van der Waals surface area contributed by atoms with Gasteiger partial charge in [0.25, 0.3) is 0 Å². The van der Waals surface area contributed by atoms with Crippen molar-refractivity contribution in [2.24, 2.45) is 5.16 Å². The molecular weight excluding hydrogens is 536 g/mol. The number of carboxylic acids is 1. The summed E-state index contributed by atoms with van der Waals surface area (Å²) in [6.45, 7) is 2.36. The molecule has 4 aromatic rings. The molecule has 0 bridgehead atoms. The smallest absolute Gasteiger partial charge is 0.354 e. The maximum atomic E-state index is 10.7. The van der Waals surface area contributed by atoms with E-state index in [9.17, 15) is 14.4 Å². The molecule has 0 amide bonds. The Morgan fingerprint density at radius 1 is 0.821 bits per heavy atom. The van der Waals surface area contributed by atoms with Gasteiger partial charge in [0, 0.05) is 30.0 Å². The minimum absolute atomic E-state index is 0.128. The maximum absolute atomic E-state index is 10.7. The first kappa shape index (κ1) is 30.6. The van der Waals surface area contributed by atoms with Crippen LogP contribution < -0.4 is 0 Å². The minimum Gasteiger partial charge on any atom is -0.477 e. The molecule has 2 aromatic carbocycles. The number of hydrogen-bond donors (Lipinski definition) is 2. The molecule has 0 radical (unpaired) electrons. The zero-order chi connectivity index (χ0) is 28.6. The van der Waals surface area contributed by atoms with Gasteiger partial charge in [-0.2, -0.15) is 5.26 Å². The van der Waals surface area contributed by atoms with E-state index in [0.29, 0.717) is 6.42 Å². The number of nitriles is 1. The molecular formula is C29H26N2O6S2. The Morgan fingerprint density at radius 3 is 1.67 bits per heavy atom. The fraction of sp³-hybridized carbons (Fsp3) is 0.138. The van der Waals surface area contributed by atoms with E-state index >= 15 is 0 Å². The summed E-state index contributed by atoms with van der Waals surface area (Å²) in [5.41, 5.74) is 4.29. The molecule has 0 saturated carbocycles. The first-order valence-corrected chi connectivity index (χ1v) is 13.2. The van der Waals surface area contributed by atoms with Gasteiger partial charge in [0.1, 0.15) is 0 Å². The van der Waals surface area contributed by atoms with Gasteiger partial charge in [-0.05, 0) is 45.1 Å². The number of nitrogens with zero attached hydrogens (tertiary/aromatic N) is 2. The van der Waals surface area contributed by atoms with E-state index in [1.807, 2.05) is 60.0 Å². The quantitative estimate of drug-likeness (QED) is 0.0906. The fourth-order valence-electron chi connectivity index (χ4n) is 3.11. The first-order chi connectivity index (χ1) is 18.7. The third kappa shape index (κ3) is 11.1. The average Bonchev–Trinajstić information content (AvgIpc) is 3.58. The van der Waals surface area contributed by atoms with Crippen molar-refractivity contribution in [3.05, 3.63) is 93.3 Å². The van der Waals surface area contributed by atoms with Crippen LogP contribution in [-0.4, -0.2) is 33.9 Å². The van der Waals surface area contributed by atoms with Crippen molar-refractivity contribution in [3.63, 3.8) is 0 Å². The maximum Gasteiger partial charge on any atom is 0.354 e. The number of aliphatic carboxylic acids is 1. The van der Waals surface area contributed by atoms with Crippen LogP contribution in [0.4, 0.5) is 0 Å². The molecule has 0 atom stereocenters. The number of ether oxygens (including phenoxy) is 1. The highest BCUT2D eigenvalue weighted by Gasteiger charge is 2.13. The highest BCUT2D eigenvalue weighted by molar-refractivity contribution is 7.10. The SMILES string of the molecule is CC(=O)OC(C)=O.N#CCc1cc(-c2ccccc2)cs1.O=C(O)/C(Cc1cc(-c2ccccc2)cs1)=N\O. The summed E-state index contributed by atoms with van der Waals surface area (Å²) in [7, 11) is 0. The molecule has 2 heterocycles. The molecule has 8 nitrogen and oxygen atoms in total. The van der Waals surface area contributed by atoms with Crippen LogP contribution in [0.3, 0.4) is 0 Å². The van der Waals surface area contributed by atoms with Gasteiger partial charge in [-0.3, -0.25) is 9.59 Å². The summed E-state index contributed by atoms with van der Waals surface area (Å²) in [6, 6.07) is 26.2. The lowest BCUT2D eigenvalue weighted by atomic mass is 10.1. The number of oxime groups is 1. The molecule has 0 aliphatic heterocycles. The highest BCUT2D eigenvalue weighted by Crippen LogP contribution is 2.26. The van der Waals surface area contributed by atoms with Gasteiger partial charge in [0.15, 0.2) is 5.71 Å². The third-order valence-electron chi connectivity index (χ3n) is 4.77. The lowest BCUT2D eigenvalue weighted by molar-refractivity contribution is -0.156. The molecule has 0 spiro atoms. The van der Waals surface area contributed by atoms with Gasteiger partial charge < -0.3 is 15.1 Å². The van der Waals surface area contributed by atoms with E-state index in [4.69, 9.17) is 15.6 Å². The van der Waals surface area contributed by atoms with Crippen LogP contribution >= 0.6 is 22.7 Å². The zero-order valence-corrected chi connectivity index (χ0v) is 22.9. The second kappa shape index (κ2) is 16.3. The molecule has 0 fully saturated rings. The Hall–Kier alpha value is -4.59. The predicted octanol–water partition coefficient (Wildman–Crippen LogP) is 6.45. The molecule has 39 heavy (non-hydrogen) atoms. The monoisotopic (exact) mass is 562 g/mol. The molecule has 0 aliphatic carbocycles. The third-order valence-corrected chi connectivity index (χ3v) is 6.65. The van der Waals surface area contributed by atoms with Crippen molar-refractivity contribution in [2.75, 3.05) is 0 Å². The average molecular weight is 563 g/mol. The first-order valence-electron chi connectivity index (χ1n) is 11.5. The summed E-state index contributed by atoms with van der Waals surface area (Å²) in [4.78, 5) is 32.3. The molecule has 10 heteroatoms. The van der Waals surface area contributed by atoms with Gasteiger partial charge in [0.2, 0.25) is 0 Å². The molecule has 2 aromatic heterocycles.